The summed E-state index contributed by atoms with van der Waals surface area (Å²) in [6.07, 6.45) is 5.35. The maximum Gasteiger partial charge on any atom is 0.296 e. The fourth-order valence-electron chi connectivity index (χ4n) is 3.33. The Bertz CT molecular complexity index is 1300. The van der Waals surface area contributed by atoms with Crippen LogP contribution in [0.25, 0.3) is 10.8 Å². The van der Waals surface area contributed by atoms with Gasteiger partial charge in [0.2, 0.25) is 5.91 Å². The monoisotopic (exact) mass is 471 g/mol. The molecular weight excluding hydrogens is 450 g/mol. The van der Waals surface area contributed by atoms with E-state index in [9.17, 15) is 35.8 Å². The van der Waals surface area contributed by atoms with Crippen molar-refractivity contribution < 1.29 is 35.8 Å². The molecular formula is C18H21N3O8S2. The number of carbonyl (C=O) groups excluding carboxylic acids is 1. The Balaban J connectivity index is 2.28. The van der Waals surface area contributed by atoms with Gasteiger partial charge in [-0.2, -0.15) is 16.8 Å². The first-order chi connectivity index (χ1) is 14.4. The minimum Gasteiger partial charge on any atom is -0.505 e. The van der Waals surface area contributed by atoms with Crippen molar-refractivity contribution in [3.63, 3.8) is 0 Å². The molecule has 0 spiro atoms. The van der Waals surface area contributed by atoms with Gasteiger partial charge in [-0.25, -0.2) is 0 Å². The number of hydrogen-bond acceptors (Lipinski definition) is 8. The van der Waals surface area contributed by atoms with Crippen LogP contribution in [0.4, 0.5) is 11.4 Å². The number of anilines is 2. The summed E-state index contributed by atoms with van der Waals surface area (Å²) >= 11 is 0. The maximum atomic E-state index is 12.0. The Morgan fingerprint density at radius 2 is 1.71 bits per heavy atom. The van der Waals surface area contributed by atoms with Crippen LogP contribution in [0.15, 0.2) is 39.8 Å². The van der Waals surface area contributed by atoms with Crippen LogP contribution in [-0.2, 0) is 25.0 Å². The molecule has 1 aliphatic carbocycles. The topological polar surface area (TPSA) is 182 Å². The van der Waals surface area contributed by atoms with Crippen LogP contribution in [0.5, 0.6) is 5.75 Å². The summed E-state index contributed by atoms with van der Waals surface area (Å²) < 4.78 is 66.2. The molecule has 13 heteroatoms. The number of phenolic OH excluding ortho intramolecular Hbond substituents is 1. The van der Waals surface area contributed by atoms with E-state index in [2.05, 4.69) is 16.2 Å². The van der Waals surface area contributed by atoms with E-state index in [4.69, 9.17) is 0 Å². The van der Waals surface area contributed by atoms with Crippen LogP contribution in [0, 0.1) is 0 Å². The van der Waals surface area contributed by atoms with E-state index in [1.54, 1.807) is 0 Å². The Hall–Kier alpha value is -2.87. The van der Waals surface area contributed by atoms with Gasteiger partial charge in [-0.15, -0.1) is 0 Å². The van der Waals surface area contributed by atoms with E-state index in [-0.39, 0.29) is 16.5 Å². The van der Waals surface area contributed by atoms with Crippen molar-refractivity contribution in [3.05, 3.63) is 30.0 Å². The van der Waals surface area contributed by atoms with Crippen LogP contribution in [0.3, 0.4) is 0 Å². The fourth-order valence-corrected chi connectivity index (χ4v) is 4.55. The molecule has 0 radical (unpaired) electrons. The van der Waals surface area contributed by atoms with Crippen molar-refractivity contribution in [2.24, 2.45) is 0 Å². The van der Waals surface area contributed by atoms with E-state index in [1.165, 1.54) is 0 Å². The Morgan fingerprint density at radius 1 is 1.00 bits per heavy atom. The molecule has 31 heavy (non-hydrogen) atoms. The predicted octanol–water partition coefficient (Wildman–Crippen LogP) is 2.37. The van der Waals surface area contributed by atoms with Gasteiger partial charge in [0.05, 0.1) is 10.6 Å². The van der Waals surface area contributed by atoms with Crippen LogP contribution >= 0.6 is 0 Å². The SMILES string of the molecule is CC(=O)Nc1cc(S(=O)(=O)O)cc2cc(S(=O)(=O)O)c(NNC3=CCCCC3)c(O)c12. The lowest BCUT2D eigenvalue weighted by atomic mass is 10.1. The lowest BCUT2D eigenvalue weighted by Gasteiger charge is -2.20. The zero-order valence-electron chi connectivity index (χ0n) is 16.3. The molecule has 168 valence electrons. The largest absolute Gasteiger partial charge is 0.505 e. The molecule has 11 nitrogen and oxygen atoms in total. The summed E-state index contributed by atoms with van der Waals surface area (Å²) in [5.74, 6) is -1.27. The first-order valence-corrected chi connectivity index (χ1v) is 12.0. The van der Waals surface area contributed by atoms with Gasteiger partial charge >= 0.3 is 0 Å². The van der Waals surface area contributed by atoms with Crippen molar-refractivity contribution in [1.29, 1.82) is 0 Å². The second-order valence-electron chi connectivity index (χ2n) is 7.02. The Kier molecular flexibility index (Phi) is 6.14. The molecule has 3 rings (SSSR count). The summed E-state index contributed by atoms with van der Waals surface area (Å²) in [5.41, 5.74) is 5.57. The smallest absolute Gasteiger partial charge is 0.296 e. The minimum absolute atomic E-state index is 0.100. The highest BCUT2D eigenvalue weighted by molar-refractivity contribution is 7.86. The first kappa shape index (κ1) is 22.8. The van der Waals surface area contributed by atoms with Gasteiger partial charge in [-0.1, -0.05) is 6.08 Å². The van der Waals surface area contributed by atoms with E-state index in [1.807, 2.05) is 6.08 Å². The number of hydrogen-bond donors (Lipinski definition) is 6. The van der Waals surface area contributed by atoms with Gasteiger partial charge < -0.3 is 15.8 Å². The molecule has 0 saturated heterocycles. The number of benzene rings is 2. The minimum atomic E-state index is -4.87. The van der Waals surface area contributed by atoms with Crippen molar-refractivity contribution in [1.82, 2.24) is 5.43 Å². The van der Waals surface area contributed by atoms with Crippen LogP contribution in [0.1, 0.15) is 32.6 Å². The highest BCUT2D eigenvalue weighted by atomic mass is 32.2. The predicted molar refractivity (Wildman–Crippen MR) is 113 cm³/mol. The Labute approximate surface area is 178 Å². The van der Waals surface area contributed by atoms with Crippen molar-refractivity contribution in [2.45, 2.75) is 42.4 Å². The first-order valence-electron chi connectivity index (χ1n) is 9.15. The van der Waals surface area contributed by atoms with Crippen molar-refractivity contribution in [3.8, 4) is 5.75 Å². The number of phenols is 1. The zero-order chi connectivity index (χ0) is 23.0. The van der Waals surface area contributed by atoms with Gasteiger partial charge in [0.1, 0.15) is 10.6 Å². The quantitative estimate of drug-likeness (QED) is 0.208. The Morgan fingerprint density at radius 3 is 2.26 bits per heavy atom. The van der Waals surface area contributed by atoms with Gasteiger partial charge in [0.25, 0.3) is 20.2 Å². The number of nitrogens with one attached hydrogen (secondary N) is 3. The number of fused-ring (bicyclic) bond motifs is 1. The van der Waals surface area contributed by atoms with Crippen molar-refractivity contribution in [2.75, 3.05) is 10.7 Å². The fraction of sp³-hybridized carbons (Fsp3) is 0.278. The van der Waals surface area contributed by atoms with Gasteiger partial charge in [0.15, 0.2) is 5.75 Å². The molecule has 0 fully saturated rings. The number of amides is 1. The maximum absolute atomic E-state index is 12.0. The molecule has 2 aromatic rings. The van der Waals surface area contributed by atoms with Crippen molar-refractivity contribution >= 4 is 48.3 Å². The zero-order valence-corrected chi connectivity index (χ0v) is 18.0. The second-order valence-corrected chi connectivity index (χ2v) is 9.84. The van der Waals surface area contributed by atoms with E-state index < -0.39 is 47.4 Å². The summed E-state index contributed by atoms with van der Waals surface area (Å²) in [6.45, 7) is 1.14. The van der Waals surface area contributed by atoms with E-state index >= 15 is 0 Å². The molecule has 0 saturated carbocycles. The molecule has 0 aliphatic heterocycles. The summed E-state index contributed by atoms with van der Waals surface area (Å²) in [4.78, 5) is 10.2. The lowest BCUT2D eigenvalue weighted by molar-refractivity contribution is -0.114. The van der Waals surface area contributed by atoms with E-state index in [0.717, 1.165) is 50.1 Å². The third-order valence-electron chi connectivity index (χ3n) is 4.67. The normalized spacial score (nSPS) is 14.7. The molecule has 6 N–H and O–H groups in total. The second kappa shape index (κ2) is 8.34. The molecule has 2 aromatic carbocycles. The highest BCUT2D eigenvalue weighted by Gasteiger charge is 2.25. The summed E-state index contributed by atoms with van der Waals surface area (Å²) in [6, 6.07) is 2.75. The molecule has 0 heterocycles. The average molecular weight is 472 g/mol. The number of hydrazine groups is 1. The number of allylic oxidation sites excluding steroid dienone is 2. The van der Waals surface area contributed by atoms with Crippen LogP contribution in [0.2, 0.25) is 0 Å². The van der Waals surface area contributed by atoms with Gasteiger partial charge in [0, 0.05) is 18.0 Å². The molecule has 1 amide bonds. The number of carbonyl (C=O) groups is 1. The molecule has 0 unspecified atom stereocenters. The molecule has 1 aliphatic rings. The highest BCUT2D eigenvalue weighted by Crippen LogP contribution is 2.43. The van der Waals surface area contributed by atoms with Crippen LogP contribution < -0.4 is 16.2 Å². The molecule has 0 atom stereocenters. The summed E-state index contributed by atoms with van der Waals surface area (Å²) in [7, 11) is -9.59. The van der Waals surface area contributed by atoms with Crippen LogP contribution in [-0.4, -0.2) is 37.0 Å². The number of rotatable bonds is 6. The molecule has 0 bridgehead atoms. The third kappa shape index (κ3) is 5.07. The van der Waals surface area contributed by atoms with Gasteiger partial charge in [-0.05, 0) is 49.3 Å². The number of aromatic hydroxyl groups is 1. The third-order valence-corrected chi connectivity index (χ3v) is 6.38. The summed E-state index contributed by atoms with van der Waals surface area (Å²) in [5, 5.41) is 12.9. The average Bonchev–Trinajstić information content (AvgIpc) is 2.65. The lowest BCUT2D eigenvalue weighted by Crippen LogP contribution is -2.23. The van der Waals surface area contributed by atoms with Gasteiger partial charge in [-0.3, -0.25) is 19.3 Å². The molecule has 0 aromatic heterocycles. The standard InChI is InChI=1S/C18H21N3O8S2/c1-10(22)19-14-9-13(30(24,25)26)7-11-8-15(31(27,28)29)17(18(23)16(11)14)21-20-12-5-3-2-4-6-12/h5,7-9,20-21,23H,2-4,6H2,1H3,(H,19,22)(H,24,25,26)(H,27,28,29). The van der Waals surface area contributed by atoms with E-state index in [0.29, 0.717) is 6.42 Å².